The molecule has 3 heteroatoms. The fourth-order valence-electron chi connectivity index (χ4n) is 1.89. The Hall–Kier alpha value is -1.38. The summed E-state index contributed by atoms with van der Waals surface area (Å²) in [6.45, 7) is 3.43. The van der Waals surface area contributed by atoms with Crippen molar-refractivity contribution in [2.45, 2.75) is 20.0 Å². The first-order valence-corrected chi connectivity index (χ1v) is 6.22. The van der Waals surface area contributed by atoms with E-state index in [4.69, 9.17) is 11.6 Å². The van der Waals surface area contributed by atoms with Crippen LogP contribution in [-0.2, 0) is 13.1 Å². The van der Waals surface area contributed by atoms with E-state index in [9.17, 15) is 4.39 Å². The van der Waals surface area contributed by atoms with Crippen molar-refractivity contribution >= 4 is 11.6 Å². The Kier molecular flexibility index (Phi) is 4.34. The van der Waals surface area contributed by atoms with Gasteiger partial charge in [0.15, 0.2) is 0 Å². The highest BCUT2D eigenvalue weighted by atomic mass is 35.5. The normalized spacial score (nSPS) is 10.6. The molecule has 0 aliphatic carbocycles. The zero-order chi connectivity index (χ0) is 13.0. The second kappa shape index (κ2) is 5.98. The molecule has 18 heavy (non-hydrogen) atoms. The van der Waals surface area contributed by atoms with Gasteiger partial charge in [0.1, 0.15) is 5.82 Å². The van der Waals surface area contributed by atoms with Crippen LogP contribution in [0.2, 0.25) is 5.02 Å². The molecule has 0 fully saturated rings. The number of hydrogen-bond acceptors (Lipinski definition) is 1. The quantitative estimate of drug-likeness (QED) is 0.877. The Morgan fingerprint density at radius 3 is 2.56 bits per heavy atom. The first-order chi connectivity index (χ1) is 8.63. The first kappa shape index (κ1) is 13.1. The Morgan fingerprint density at radius 1 is 1.06 bits per heavy atom. The number of benzene rings is 2. The Labute approximate surface area is 112 Å². The van der Waals surface area contributed by atoms with Gasteiger partial charge in [-0.1, -0.05) is 41.4 Å². The zero-order valence-electron chi connectivity index (χ0n) is 10.2. The monoisotopic (exact) mass is 263 g/mol. The highest BCUT2D eigenvalue weighted by Gasteiger charge is 1.99. The summed E-state index contributed by atoms with van der Waals surface area (Å²) in [6, 6.07) is 12.9. The van der Waals surface area contributed by atoms with E-state index < -0.39 is 0 Å². The fraction of sp³-hybridized carbons (Fsp3) is 0.200. The number of nitrogens with one attached hydrogen (secondary N) is 1. The van der Waals surface area contributed by atoms with Crippen LogP contribution in [-0.4, -0.2) is 0 Å². The van der Waals surface area contributed by atoms with Crippen molar-refractivity contribution in [3.8, 4) is 0 Å². The van der Waals surface area contributed by atoms with Crippen molar-refractivity contribution in [2.24, 2.45) is 0 Å². The van der Waals surface area contributed by atoms with E-state index in [1.54, 1.807) is 6.07 Å². The molecule has 2 aromatic carbocycles. The summed E-state index contributed by atoms with van der Waals surface area (Å²) in [4.78, 5) is 0. The standard InChI is InChI=1S/C15H15ClFN/c1-11-3-2-4-12(5-11)9-18-10-13-6-14(16)8-15(17)7-13/h2-8,18H,9-10H2,1H3. The molecule has 0 saturated carbocycles. The van der Waals surface area contributed by atoms with E-state index in [2.05, 4.69) is 30.4 Å². The molecule has 0 bridgehead atoms. The lowest BCUT2D eigenvalue weighted by molar-refractivity contribution is 0.620. The maximum Gasteiger partial charge on any atom is 0.125 e. The lowest BCUT2D eigenvalue weighted by Crippen LogP contribution is -2.12. The Morgan fingerprint density at radius 2 is 1.83 bits per heavy atom. The minimum atomic E-state index is -0.296. The van der Waals surface area contributed by atoms with E-state index in [0.717, 1.165) is 12.1 Å². The summed E-state index contributed by atoms with van der Waals surface area (Å²) in [5, 5.41) is 3.71. The molecule has 1 nitrogen and oxygen atoms in total. The van der Waals surface area contributed by atoms with Gasteiger partial charge in [0.2, 0.25) is 0 Å². The molecule has 0 heterocycles. The first-order valence-electron chi connectivity index (χ1n) is 5.85. The average molecular weight is 264 g/mol. The van der Waals surface area contributed by atoms with Gasteiger partial charge in [-0.05, 0) is 36.2 Å². The highest BCUT2D eigenvalue weighted by molar-refractivity contribution is 6.30. The third-order valence-electron chi connectivity index (χ3n) is 2.66. The fourth-order valence-corrected chi connectivity index (χ4v) is 2.13. The van der Waals surface area contributed by atoms with E-state index in [1.807, 2.05) is 6.07 Å². The van der Waals surface area contributed by atoms with Crippen LogP contribution in [0.3, 0.4) is 0 Å². The molecule has 0 atom stereocenters. The molecule has 0 saturated heterocycles. The molecule has 1 N–H and O–H groups in total. The predicted octanol–water partition coefficient (Wildman–Crippen LogP) is 4.08. The van der Waals surface area contributed by atoms with Crippen LogP contribution in [0.1, 0.15) is 16.7 Å². The van der Waals surface area contributed by atoms with Crippen LogP contribution in [0, 0.1) is 12.7 Å². The second-order valence-corrected chi connectivity index (χ2v) is 4.81. The van der Waals surface area contributed by atoms with E-state index in [1.165, 1.54) is 23.3 Å². The molecule has 2 aromatic rings. The Bertz CT molecular complexity index is 520. The van der Waals surface area contributed by atoms with Gasteiger partial charge in [-0.3, -0.25) is 0 Å². The SMILES string of the molecule is Cc1cccc(CNCc2cc(F)cc(Cl)c2)c1. The molecule has 2 rings (SSSR count). The summed E-state index contributed by atoms with van der Waals surface area (Å²) in [7, 11) is 0. The molecule has 0 spiro atoms. The summed E-state index contributed by atoms with van der Waals surface area (Å²) < 4.78 is 13.1. The van der Waals surface area contributed by atoms with Crippen molar-refractivity contribution in [3.63, 3.8) is 0 Å². The number of rotatable bonds is 4. The molecule has 0 unspecified atom stereocenters. The highest BCUT2D eigenvalue weighted by Crippen LogP contribution is 2.14. The number of hydrogen-bond donors (Lipinski definition) is 1. The molecule has 0 aliphatic heterocycles. The van der Waals surface area contributed by atoms with E-state index >= 15 is 0 Å². The molecule has 0 radical (unpaired) electrons. The van der Waals surface area contributed by atoms with Gasteiger partial charge < -0.3 is 5.32 Å². The molecule has 94 valence electrons. The van der Waals surface area contributed by atoms with Gasteiger partial charge in [0.25, 0.3) is 0 Å². The minimum Gasteiger partial charge on any atom is -0.309 e. The number of aryl methyl sites for hydroxylation is 1. The van der Waals surface area contributed by atoms with Crippen molar-refractivity contribution in [3.05, 3.63) is 70.0 Å². The van der Waals surface area contributed by atoms with Crippen LogP contribution >= 0.6 is 11.6 Å². The van der Waals surface area contributed by atoms with E-state index in [0.29, 0.717) is 11.6 Å². The van der Waals surface area contributed by atoms with E-state index in [-0.39, 0.29) is 5.82 Å². The third kappa shape index (κ3) is 3.83. The van der Waals surface area contributed by atoms with Gasteiger partial charge in [-0.25, -0.2) is 4.39 Å². The third-order valence-corrected chi connectivity index (χ3v) is 2.88. The van der Waals surface area contributed by atoms with Crippen LogP contribution in [0.5, 0.6) is 0 Å². The molecule has 0 amide bonds. The maximum atomic E-state index is 13.1. The molecule has 0 aromatic heterocycles. The smallest absolute Gasteiger partial charge is 0.125 e. The predicted molar refractivity (Wildman–Crippen MR) is 73.1 cm³/mol. The maximum absolute atomic E-state index is 13.1. The van der Waals surface area contributed by atoms with Gasteiger partial charge >= 0.3 is 0 Å². The van der Waals surface area contributed by atoms with Crippen LogP contribution in [0.15, 0.2) is 42.5 Å². The molecular weight excluding hydrogens is 249 g/mol. The topological polar surface area (TPSA) is 12.0 Å². The average Bonchev–Trinajstić information content (AvgIpc) is 2.27. The van der Waals surface area contributed by atoms with Crippen molar-refractivity contribution in [1.82, 2.24) is 5.32 Å². The summed E-state index contributed by atoms with van der Waals surface area (Å²) in [5.41, 5.74) is 3.31. The molecule has 0 aliphatic rings. The largest absolute Gasteiger partial charge is 0.309 e. The van der Waals surface area contributed by atoms with Gasteiger partial charge in [-0.15, -0.1) is 0 Å². The van der Waals surface area contributed by atoms with Crippen molar-refractivity contribution < 1.29 is 4.39 Å². The zero-order valence-corrected chi connectivity index (χ0v) is 11.0. The second-order valence-electron chi connectivity index (χ2n) is 4.37. The van der Waals surface area contributed by atoms with Crippen LogP contribution in [0.4, 0.5) is 4.39 Å². The van der Waals surface area contributed by atoms with Crippen LogP contribution in [0.25, 0.3) is 0 Å². The van der Waals surface area contributed by atoms with Crippen molar-refractivity contribution in [1.29, 1.82) is 0 Å². The summed E-state index contributed by atoms with van der Waals surface area (Å²) >= 11 is 5.80. The lowest BCUT2D eigenvalue weighted by atomic mass is 10.1. The van der Waals surface area contributed by atoms with Gasteiger partial charge in [-0.2, -0.15) is 0 Å². The minimum absolute atomic E-state index is 0.296. The molecular formula is C15H15ClFN. The van der Waals surface area contributed by atoms with Crippen molar-refractivity contribution in [2.75, 3.05) is 0 Å². The van der Waals surface area contributed by atoms with Gasteiger partial charge in [0.05, 0.1) is 0 Å². The Balaban J connectivity index is 1.92. The number of halogens is 2. The summed E-state index contributed by atoms with van der Waals surface area (Å²) in [5.74, 6) is -0.296. The van der Waals surface area contributed by atoms with Gasteiger partial charge in [0, 0.05) is 18.1 Å². The summed E-state index contributed by atoms with van der Waals surface area (Å²) in [6.07, 6.45) is 0. The van der Waals surface area contributed by atoms with Crippen LogP contribution < -0.4 is 5.32 Å². The lowest BCUT2D eigenvalue weighted by Gasteiger charge is -2.06.